The largest absolute Gasteiger partial charge is 0.492 e. The molecule has 21 heavy (non-hydrogen) atoms. The highest BCUT2D eigenvalue weighted by Gasteiger charge is 2.04. The van der Waals surface area contributed by atoms with Gasteiger partial charge in [0.05, 0.1) is 12.3 Å². The topological polar surface area (TPSA) is 38.3 Å². The molecule has 4 heteroatoms. The molecule has 0 aliphatic carbocycles. The van der Waals surface area contributed by atoms with Crippen LogP contribution >= 0.6 is 15.9 Å². The fraction of sp³-hybridized carbons (Fsp3) is 0.118. The molecule has 108 valence electrons. The lowest BCUT2D eigenvalue weighted by molar-refractivity contribution is -0.111. The molecule has 0 spiro atoms. The summed E-state index contributed by atoms with van der Waals surface area (Å²) in [6, 6.07) is 15.1. The predicted octanol–water partition coefficient (Wildman–Crippen LogP) is 4.50. The Balaban J connectivity index is 2.05. The van der Waals surface area contributed by atoms with Gasteiger partial charge in [0.2, 0.25) is 5.91 Å². The minimum absolute atomic E-state index is 0.192. The molecule has 0 saturated carbocycles. The van der Waals surface area contributed by atoms with Crippen LogP contribution in [-0.2, 0) is 4.79 Å². The van der Waals surface area contributed by atoms with Crippen LogP contribution < -0.4 is 10.1 Å². The van der Waals surface area contributed by atoms with Crippen molar-refractivity contribution in [1.82, 2.24) is 0 Å². The molecule has 3 nitrogen and oxygen atoms in total. The summed E-state index contributed by atoms with van der Waals surface area (Å²) in [5, 5.41) is 2.82. The fourth-order valence-electron chi connectivity index (χ4n) is 1.81. The number of para-hydroxylation sites is 2. The van der Waals surface area contributed by atoms with Crippen molar-refractivity contribution < 1.29 is 9.53 Å². The van der Waals surface area contributed by atoms with Crippen LogP contribution in [0.3, 0.4) is 0 Å². The Hall–Kier alpha value is -2.07. The molecular formula is C17H16BrNO2. The quantitative estimate of drug-likeness (QED) is 0.810. The van der Waals surface area contributed by atoms with Crippen molar-refractivity contribution in [2.24, 2.45) is 0 Å². The van der Waals surface area contributed by atoms with E-state index in [4.69, 9.17) is 4.74 Å². The molecule has 0 saturated heterocycles. The Morgan fingerprint density at radius 3 is 2.81 bits per heavy atom. The van der Waals surface area contributed by atoms with Crippen molar-refractivity contribution >= 4 is 33.6 Å². The number of rotatable bonds is 5. The summed E-state index contributed by atoms with van der Waals surface area (Å²) in [5.74, 6) is 0.478. The SMILES string of the molecule is CCOc1ccccc1NC(=O)/C=C/c1cccc(Br)c1. The van der Waals surface area contributed by atoms with Gasteiger partial charge >= 0.3 is 0 Å². The molecule has 0 heterocycles. The molecule has 2 aromatic rings. The van der Waals surface area contributed by atoms with Gasteiger partial charge in [0.1, 0.15) is 5.75 Å². The highest BCUT2D eigenvalue weighted by Crippen LogP contribution is 2.23. The van der Waals surface area contributed by atoms with E-state index in [1.165, 1.54) is 6.08 Å². The van der Waals surface area contributed by atoms with Gasteiger partial charge in [-0.05, 0) is 42.8 Å². The summed E-state index contributed by atoms with van der Waals surface area (Å²) < 4.78 is 6.45. The number of hydrogen-bond donors (Lipinski definition) is 1. The Morgan fingerprint density at radius 1 is 1.24 bits per heavy atom. The molecule has 1 amide bonds. The number of carbonyl (C=O) groups excluding carboxylic acids is 1. The first-order valence-electron chi connectivity index (χ1n) is 6.65. The maximum Gasteiger partial charge on any atom is 0.248 e. The van der Waals surface area contributed by atoms with Gasteiger partial charge in [0.15, 0.2) is 0 Å². The third-order valence-electron chi connectivity index (χ3n) is 2.72. The zero-order valence-electron chi connectivity index (χ0n) is 11.7. The lowest BCUT2D eigenvalue weighted by atomic mass is 10.2. The monoisotopic (exact) mass is 345 g/mol. The molecule has 0 bridgehead atoms. The molecule has 2 rings (SSSR count). The third kappa shape index (κ3) is 4.76. The molecular weight excluding hydrogens is 330 g/mol. The molecule has 0 radical (unpaired) electrons. The normalized spacial score (nSPS) is 10.6. The van der Waals surface area contributed by atoms with E-state index in [0.717, 1.165) is 10.0 Å². The van der Waals surface area contributed by atoms with Crippen LogP contribution in [0, 0.1) is 0 Å². The van der Waals surface area contributed by atoms with Gasteiger partial charge in [-0.1, -0.05) is 40.2 Å². The van der Waals surface area contributed by atoms with Crippen LogP contribution in [0.5, 0.6) is 5.75 Å². The lowest BCUT2D eigenvalue weighted by Crippen LogP contribution is -2.09. The first-order valence-corrected chi connectivity index (χ1v) is 7.45. The second kappa shape index (κ2) is 7.64. The van der Waals surface area contributed by atoms with Gasteiger partial charge in [-0.2, -0.15) is 0 Å². The van der Waals surface area contributed by atoms with E-state index >= 15 is 0 Å². The summed E-state index contributed by atoms with van der Waals surface area (Å²) in [4.78, 5) is 12.0. The van der Waals surface area contributed by atoms with Crippen LogP contribution in [0.2, 0.25) is 0 Å². The third-order valence-corrected chi connectivity index (χ3v) is 3.21. The van der Waals surface area contributed by atoms with Crippen molar-refractivity contribution in [3.8, 4) is 5.75 Å². The molecule has 0 aliphatic rings. The number of halogens is 1. The van der Waals surface area contributed by atoms with Crippen molar-refractivity contribution in [3.05, 3.63) is 64.6 Å². The first-order chi connectivity index (χ1) is 10.2. The summed E-state index contributed by atoms with van der Waals surface area (Å²) in [6.07, 6.45) is 3.27. The molecule has 0 fully saturated rings. The van der Waals surface area contributed by atoms with Gasteiger partial charge in [-0.3, -0.25) is 4.79 Å². The molecule has 2 aromatic carbocycles. The number of hydrogen-bond acceptors (Lipinski definition) is 2. The minimum atomic E-state index is -0.192. The highest BCUT2D eigenvalue weighted by atomic mass is 79.9. The minimum Gasteiger partial charge on any atom is -0.492 e. The average molecular weight is 346 g/mol. The highest BCUT2D eigenvalue weighted by molar-refractivity contribution is 9.10. The summed E-state index contributed by atoms with van der Waals surface area (Å²) in [7, 11) is 0. The Labute approximate surface area is 132 Å². The fourth-order valence-corrected chi connectivity index (χ4v) is 2.22. The van der Waals surface area contributed by atoms with Crippen LogP contribution in [0.1, 0.15) is 12.5 Å². The maximum atomic E-state index is 12.0. The first kappa shape index (κ1) is 15.3. The second-order valence-electron chi connectivity index (χ2n) is 4.31. The van der Waals surface area contributed by atoms with Crippen LogP contribution in [0.4, 0.5) is 5.69 Å². The summed E-state index contributed by atoms with van der Waals surface area (Å²) in [6.45, 7) is 2.46. The lowest BCUT2D eigenvalue weighted by Gasteiger charge is -2.09. The number of anilines is 1. The van der Waals surface area contributed by atoms with Crippen molar-refractivity contribution in [2.75, 3.05) is 11.9 Å². The van der Waals surface area contributed by atoms with E-state index in [0.29, 0.717) is 18.0 Å². The summed E-state index contributed by atoms with van der Waals surface area (Å²) >= 11 is 3.40. The number of carbonyl (C=O) groups is 1. The van der Waals surface area contributed by atoms with E-state index in [9.17, 15) is 4.79 Å². The second-order valence-corrected chi connectivity index (χ2v) is 5.22. The number of nitrogens with one attached hydrogen (secondary N) is 1. The molecule has 0 aromatic heterocycles. The molecule has 0 atom stereocenters. The Kier molecular flexibility index (Phi) is 5.58. The summed E-state index contributed by atoms with van der Waals surface area (Å²) in [5.41, 5.74) is 1.63. The van der Waals surface area contributed by atoms with Crippen molar-refractivity contribution in [1.29, 1.82) is 0 Å². The molecule has 0 aliphatic heterocycles. The van der Waals surface area contributed by atoms with Crippen molar-refractivity contribution in [3.63, 3.8) is 0 Å². The van der Waals surface area contributed by atoms with Crippen LogP contribution in [0.15, 0.2) is 59.1 Å². The zero-order chi connectivity index (χ0) is 15.1. The van der Waals surface area contributed by atoms with E-state index in [1.54, 1.807) is 6.08 Å². The molecule has 1 N–H and O–H groups in total. The van der Waals surface area contributed by atoms with E-state index < -0.39 is 0 Å². The van der Waals surface area contributed by atoms with Gasteiger partial charge < -0.3 is 10.1 Å². The van der Waals surface area contributed by atoms with Gasteiger partial charge in [-0.25, -0.2) is 0 Å². The Morgan fingerprint density at radius 2 is 2.05 bits per heavy atom. The number of ether oxygens (including phenoxy) is 1. The van der Waals surface area contributed by atoms with E-state index in [2.05, 4.69) is 21.2 Å². The number of amides is 1. The molecule has 0 unspecified atom stereocenters. The average Bonchev–Trinajstić information content (AvgIpc) is 2.48. The standard InChI is InChI=1S/C17H16BrNO2/c1-2-21-16-9-4-3-8-15(16)19-17(20)11-10-13-6-5-7-14(18)12-13/h3-12H,2H2,1H3,(H,19,20)/b11-10+. The van der Waals surface area contributed by atoms with Crippen LogP contribution in [0.25, 0.3) is 6.08 Å². The maximum absolute atomic E-state index is 12.0. The van der Waals surface area contributed by atoms with E-state index in [1.807, 2.05) is 55.5 Å². The van der Waals surface area contributed by atoms with Gasteiger partial charge in [0.25, 0.3) is 0 Å². The predicted molar refractivity (Wildman–Crippen MR) is 89.4 cm³/mol. The van der Waals surface area contributed by atoms with E-state index in [-0.39, 0.29) is 5.91 Å². The van der Waals surface area contributed by atoms with Gasteiger partial charge in [0, 0.05) is 10.5 Å². The van der Waals surface area contributed by atoms with Crippen LogP contribution in [-0.4, -0.2) is 12.5 Å². The zero-order valence-corrected chi connectivity index (χ0v) is 13.3. The Bertz CT molecular complexity index is 653. The van der Waals surface area contributed by atoms with Gasteiger partial charge in [-0.15, -0.1) is 0 Å². The van der Waals surface area contributed by atoms with Crippen molar-refractivity contribution in [2.45, 2.75) is 6.92 Å². The number of benzene rings is 2. The smallest absolute Gasteiger partial charge is 0.248 e.